The number of hydrogen-bond acceptors (Lipinski definition) is 6. The number of thiazole rings is 1. The van der Waals surface area contributed by atoms with Gasteiger partial charge in [0.2, 0.25) is 0 Å². The molecule has 1 aromatic heterocycles. The third-order valence-corrected chi connectivity index (χ3v) is 4.90. The van der Waals surface area contributed by atoms with Crippen LogP contribution < -0.4 is 14.9 Å². The van der Waals surface area contributed by atoms with Crippen LogP contribution in [0.3, 0.4) is 0 Å². The first-order valence-corrected chi connectivity index (χ1v) is 9.66. The molecule has 0 bridgehead atoms. The molecule has 0 fully saturated rings. The lowest BCUT2D eigenvalue weighted by Gasteiger charge is -2.08. The summed E-state index contributed by atoms with van der Waals surface area (Å²) in [6, 6.07) is 17.4. The van der Waals surface area contributed by atoms with Gasteiger partial charge in [-0.25, -0.2) is 0 Å². The standard InChI is InChI=1S/C21H18N4O2S/c1-2-27-17-10-8-16(9-11-17)23-20-18(28-21(26)24-20)12-15-13-22-25-19(15)14-6-4-3-5-7-14/h3-13,23H,2H2,1H3,(H,24,26)/b15-12+. The van der Waals surface area contributed by atoms with Gasteiger partial charge in [0, 0.05) is 16.8 Å². The van der Waals surface area contributed by atoms with E-state index in [9.17, 15) is 4.79 Å². The zero-order chi connectivity index (χ0) is 19.3. The largest absolute Gasteiger partial charge is 0.494 e. The first-order valence-electron chi connectivity index (χ1n) is 8.84. The minimum Gasteiger partial charge on any atom is -0.494 e. The van der Waals surface area contributed by atoms with Crippen molar-refractivity contribution in [3.8, 4) is 5.75 Å². The molecule has 0 saturated carbocycles. The highest BCUT2D eigenvalue weighted by Gasteiger charge is 2.15. The Morgan fingerprint density at radius 3 is 2.68 bits per heavy atom. The molecule has 0 radical (unpaired) electrons. The summed E-state index contributed by atoms with van der Waals surface area (Å²) in [5.41, 5.74) is 3.48. The maximum Gasteiger partial charge on any atom is 0.306 e. The Labute approximate surface area is 165 Å². The van der Waals surface area contributed by atoms with E-state index in [-0.39, 0.29) is 4.87 Å². The van der Waals surface area contributed by atoms with Crippen LogP contribution in [-0.2, 0) is 0 Å². The predicted molar refractivity (Wildman–Crippen MR) is 115 cm³/mol. The van der Waals surface area contributed by atoms with Gasteiger partial charge in [-0.2, -0.15) is 5.10 Å². The van der Waals surface area contributed by atoms with Gasteiger partial charge in [0.1, 0.15) is 17.3 Å². The lowest BCUT2D eigenvalue weighted by molar-refractivity contribution is 0.340. The minimum atomic E-state index is -0.131. The molecule has 0 saturated heterocycles. The van der Waals surface area contributed by atoms with E-state index in [1.165, 1.54) is 0 Å². The number of allylic oxidation sites excluding steroid dienone is 1. The second-order valence-electron chi connectivity index (χ2n) is 6.00. The molecule has 0 aliphatic carbocycles. The first kappa shape index (κ1) is 17.9. The topological polar surface area (TPSA) is 78.8 Å². The Bertz CT molecular complexity index is 1110. The summed E-state index contributed by atoms with van der Waals surface area (Å²) in [5.74, 6) is 1.44. The Morgan fingerprint density at radius 1 is 1.14 bits per heavy atom. The van der Waals surface area contributed by atoms with Gasteiger partial charge in [-0.3, -0.25) is 9.78 Å². The smallest absolute Gasteiger partial charge is 0.306 e. The van der Waals surface area contributed by atoms with Crippen molar-refractivity contribution in [1.29, 1.82) is 0 Å². The fourth-order valence-electron chi connectivity index (χ4n) is 2.82. The van der Waals surface area contributed by atoms with Crippen molar-refractivity contribution < 1.29 is 4.74 Å². The summed E-state index contributed by atoms with van der Waals surface area (Å²) in [4.78, 5) is 15.5. The summed E-state index contributed by atoms with van der Waals surface area (Å²) in [5, 5.41) is 11.5. The maximum atomic E-state index is 12.0. The average Bonchev–Trinajstić information content (AvgIpc) is 3.31. The molecule has 2 heterocycles. The van der Waals surface area contributed by atoms with Gasteiger partial charge >= 0.3 is 4.87 Å². The molecule has 6 nitrogen and oxygen atoms in total. The Balaban J connectivity index is 1.61. The molecule has 140 valence electrons. The normalized spacial score (nSPS) is 14.3. The van der Waals surface area contributed by atoms with Crippen LogP contribution in [0.15, 0.2) is 75.2 Å². The van der Waals surface area contributed by atoms with Crippen LogP contribution in [0.1, 0.15) is 17.4 Å². The molecular weight excluding hydrogens is 372 g/mol. The molecule has 1 aliphatic rings. The number of H-pyrrole nitrogens is 1. The lowest BCUT2D eigenvalue weighted by Crippen LogP contribution is -2.02. The highest BCUT2D eigenvalue weighted by molar-refractivity contribution is 7.10. The maximum absolute atomic E-state index is 12.0. The molecule has 3 aromatic rings. The summed E-state index contributed by atoms with van der Waals surface area (Å²) in [6.07, 6.45) is 3.62. The molecular formula is C21H18N4O2S. The van der Waals surface area contributed by atoms with Crippen LogP contribution >= 0.6 is 11.3 Å². The predicted octanol–water partition coefficient (Wildman–Crippen LogP) is 4.45. The van der Waals surface area contributed by atoms with Crippen LogP contribution in [0.25, 0.3) is 6.08 Å². The van der Waals surface area contributed by atoms with Gasteiger partial charge in [0.15, 0.2) is 0 Å². The molecule has 0 unspecified atom stereocenters. The summed E-state index contributed by atoms with van der Waals surface area (Å²) in [7, 11) is 0. The number of hydrogen-bond donors (Lipinski definition) is 2. The van der Waals surface area contributed by atoms with Gasteiger partial charge in [-0.15, -0.1) is 5.10 Å². The van der Waals surface area contributed by atoms with Crippen LogP contribution in [-0.4, -0.2) is 23.5 Å². The monoisotopic (exact) mass is 390 g/mol. The number of ether oxygens (including phenoxy) is 1. The van der Waals surface area contributed by atoms with E-state index in [4.69, 9.17) is 4.74 Å². The van der Waals surface area contributed by atoms with Gasteiger partial charge in [-0.05, 0) is 37.3 Å². The molecule has 0 spiro atoms. The lowest BCUT2D eigenvalue weighted by atomic mass is 10.0. The van der Waals surface area contributed by atoms with Crippen molar-refractivity contribution in [2.45, 2.75) is 6.92 Å². The van der Waals surface area contributed by atoms with Gasteiger partial charge < -0.3 is 10.1 Å². The zero-order valence-electron chi connectivity index (χ0n) is 15.2. The van der Waals surface area contributed by atoms with Crippen LogP contribution in [0.5, 0.6) is 5.75 Å². The molecule has 4 rings (SSSR count). The number of rotatable bonds is 6. The highest BCUT2D eigenvalue weighted by atomic mass is 32.1. The summed E-state index contributed by atoms with van der Waals surface area (Å²) in [6.45, 7) is 2.57. The molecule has 0 atom stereocenters. The average molecular weight is 390 g/mol. The van der Waals surface area contributed by atoms with Crippen molar-refractivity contribution in [2.75, 3.05) is 11.9 Å². The fraction of sp³-hybridized carbons (Fsp3) is 0.0952. The number of aromatic amines is 1. The van der Waals surface area contributed by atoms with E-state index in [1.54, 1.807) is 6.21 Å². The first-order chi connectivity index (χ1) is 13.7. The van der Waals surface area contributed by atoms with Crippen molar-refractivity contribution in [1.82, 2.24) is 4.98 Å². The Kier molecular flexibility index (Phi) is 5.16. The molecule has 28 heavy (non-hydrogen) atoms. The van der Waals surface area contributed by atoms with Crippen molar-refractivity contribution in [2.24, 2.45) is 10.2 Å². The van der Waals surface area contributed by atoms with Gasteiger partial charge in [0.25, 0.3) is 0 Å². The molecule has 0 amide bonds. The molecule has 7 heteroatoms. The van der Waals surface area contributed by atoms with Crippen molar-refractivity contribution in [3.05, 3.63) is 80.3 Å². The zero-order valence-corrected chi connectivity index (χ0v) is 16.0. The van der Waals surface area contributed by atoms with Crippen LogP contribution in [0.2, 0.25) is 0 Å². The minimum absolute atomic E-state index is 0.131. The molecule has 2 N–H and O–H groups in total. The van der Waals surface area contributed by atoms with E-state index in [0.717, 1.165) is 44.5 Å². The number of nitrogens with zero attached hydrogens (tertiary/aromatic N) is 2. The second kappa shape index (κ2) is 8.06. The van der Waals surface area contributed by atoms with Gasteiger partial charge in [0.05, 0.1) is 17.7 Å². The van der Waals surface area contributed by atoms with E-state index >= 15 is 0 Å². The number of nitrogens with one attached hydrogen (secondary N) is 2. The van der Waals surface area contributed by atoms with Crippen molar-refractivity contribution >= 4 is 40.8 Å². The highest BCUT2D eigenvalue weighted by Crippen LogP contribution is 2.26. The number of anilines is 2. The molecule has 1 aliphatic heterocycles. The number of benzene rings is 2. The second-order valence-corrected chi connectivity index (χ2v) is 7.01. The van der Waals surface area contributed by atoms with E-state index in [0.29, 0.717) is 12.4 Å². The Hall–Kier alpha value is -3.45. The van der Waals surface area contributed by atoms with Crippen LogP contribution in [0, 0.1) is 0 Å². The summed E-state index contributed by atoms with van der Waals surface area (Å²) >= 11 is 1.14. The Morgan fingerprint density at radius 2 is 1.93 bits per heavy atom. The van der Waals surface area contributed by atoms with E-state index in [2.05, 4.69) is 20.5 Å². The van der Waals surface area contributed by atoms with E-state index < -0.39 is 0 Å². The summed E-state index contributed by atoms with van der Waals surface area (Å²) < 4.78 is 5.46. The van der Waals surface area contributed by atoms with E-state index in [1.807, 2.05) is 67.6 Å². The number of aromatic nitrogens is 1. The molecule has 2 aromatic carbocycles. The third-order valence-electron chi connectivity index (χ3n) is 4.07. The quantitative estimate of drug-likeness (QED) is 0.653. The fourth-order valence-corrected chi connectivity index (χ4v) is 3.56. The van der Waals surface area contributed by atoms with Crippen molar-refractivity contribution in [3.63, 3.8) is 0 Å². The SMILES string of the molecule is CCOc1ccc(Nc2[nH]c(=O)sc2/C=C2\C=NN=C2c2ccccc2)cc1. The van der Waals surface area contributed by atoms with Crippen LogP contribution in [0.4, 0.5) is 11.5 Å². The third kappa shape index (κ3) is 3.94. The van der Waals surface area contributed by atoms with Gasteiger partial charge in [-0.1, -0.05) is 41.7 Å².